The minimum Gasteiger partial charge on any atom is -0.251 e. The summed E-state index contributed by atoms with van der Waals surface area (Å²) in [5.74, 6) is 0. The van der Waals surface area contributed by atoms with Crippen LogP contribution in [-0.4, -0.2) is 6.02 Å². The lowest BCUT2D eigenvalue weighted by Gasteiger charge is -1.64. The molecule has 0 aliphatic rings. The van der Waals surface area contributed by atoms with Crippen molar-refractivity contribution in [2.24, 2.45) is 5.73 Å². The van der Waals surface area contributed by atoms with Crippen LogP contribution in [-0.2, 0) is 9.09 Å². The lowest BCUT2D eigenvalue weighted by molar-refractivity contribution is -0.132. The fraction of sp³-hybridized carbons (Fsp3) is 0. The number of amidine groups is 1. The molecule has 0 aliphatic heterocycles. The summed E-state index contributed by atoms with van der Waals surface area (Å²) in [6, 6.07) is -0.261. The van der Waals surface area contributed by atoms with Crippen molar-refractivity contribution in [3.05, 3.63) is 0 Å². The highest BCUT2D eigenvalue weighted by Gasteiger charge is 1.96. The van der Waals surface area contributed by atoms with Crippen LogP contribution in [0.25, 0.3) is 0 Å². The van der Waals surface area contributed by atoms with E-state index in [1.54, 1.807) is 0 Å². The van der Waals surface area contributed by atoms with Gasteiger partial charge >= 0.3 is 14.7 Å². The van der Waals surface area contributed by atoms with Crippen molar-refractivity contribution in [2.75, 3.05) is 0 Å². The minimum absolute atomic E-state index is 0.261. The first-order valence-electron chi connectivity index (χ1n) is 1.19. The molecular formula is CH5N2O2P+2. The number of nitrogens with two attached hydrogens (primary N) is 2. The molecule has 1 unspecified atom stereocenters. The van der Waals surface area contributed by atoms with Crippen LogP contribution in [0.5, 0.6) is 0 Å². The second-order valence-corrected chi connectivity index (χ2v) is 0.959. The summed E-state index contributed by atoms with van der Waals surface area (Å²) in [5.41, 5.74) is 4.68. The molecule has 34 valence electrons. The zero-order valence-corrected chi connectivity index (χ0v) is 3.97. The smallest absolute Gasteiger partial charge is 0.251 e. The van der Waals surface area contributed by atoms with Crippen LogP contribution in [0, 0.1) is 0 Å². The summed E-state index contributed by atoms with van der Waals surface area (Å²) in [5, 5.41) is 4.68. The summed E-state index contributed by atoms with van der Waals surface area (Å²) in [7, 11) is -0.899. The third-order valence-electron chi connectivity index (χ3n) is 0.160. The Balaban J connectivity index is 3.05. The van der Waals surface area contributed by atoms with Gasteiger partial charge in [0.05, 0.1) is 0 Å². The minimum atomic E-state index is -0.899. The molecule has 0 radical (unpaired) electrons. The average molecular weight is 108 g/mol. The Morgan fingerprint density at radius 2 is 2.50 bits per heavy atom. The Morgan fingerprint density at radius 3 is 2.50 bits per heavy atom. The summed E-state index contributed by atoms with van der Waals surface area (Å²) < 4.78 is 13.4. The van der Waals surface area contributed by atoms with Crippen molar-refractivity contribution in [2.45, 2.75) is 0 Å². The quantitative estimate of drug-likeness (QED) is 0.232. The highest BCUT2D eigenvalue weighted by Crippen LogP contribution is 1.87. The highest BCUT2D eigenvalue weighted by atomic mass is 31.1. The van der Waals surface area contributed by atoms with E-state index >= 15 is 0 Å². The lowest BCUT2D eigenvalue weighted by atomic mass is 11.3. The van der Waals surface area contributed by atoms with E-state index in [1.807, 2.05) is 0 Å². The summed E-state index contributed by atoms with van der Waals surface area (Å²) in [4.78, 5) is 0. The van der Waals surface area contributed by atoms with Crippen LogP contribution in [0.15, 0.2) is 0 Å². The molecule has 0 saturated heterocycles. The highest BCUT2D eigenvalue weighted by molar-refractivity contribution is 7.18. The predicted octanol–water partition coefficient (Wildman–Crippen LogP) is -1.98. The molecule has 0 spiro atoms. The molecule has 0 aromatic heterocycles. The Morgan fingerprint density at radius 1 is 2.00 bits per heavy atom. The van der Waals surface area contributed by atoms with Gasteiger partial charge in [0.15, 0.2) is 0 Å². The predicted molar refractivity (Wildman–Crippen MR) is 21.2 cm³/mol. The Hall–Kier alpha value is -0.630. The number of hydrogen-bond acceptors (Lipinski definition) is 2. The van der Waals surface area contributed by atoms with Crippen molar-refractivity contribution < 1.29 is 14.5 Å². The molecule has 0 bridgehead atoms. The molecule has 0 saturated carbocycles. The SMILES string of the molecule is NC(=[NH2+])O[PH+]=O. The van der Waals surface area contributed by atoms with Gasteiger partial charge < -0.3 is 0 Å². The van der Waals surface area contributed by atoms with Gasteiger partial charge in [0.2, 0.25) is 0 Å². The van der Waals surface area contributed by atoms with E-state index in [0.29, 0.717) is 0 Å². The van der Waals surface area contributed by atoms with Gasteiger partial charge in [-0.2, -0.15) is 4.52 Å². The molecule has 4 N–H and O–H groups in total. The molecule has 0 fully saturated rings. The van der Waals surface area contributed by atoms with Crippen LogP contribution < -0.4 is 11.1 Å². The maximum atomic E-state index is 9.36. The van der Waals surface area contributed by atoms with Crippen LogP contribution in [0.1, 0.15) is 0 Å². The summed E-state index contributed by atoms with van der Waals surface area (Å²) >= 11 is 0. The molecule has 6 heavy (non-hydrogen) atoms. The van der Waals surface area contributed by atoms with Gasteiger partial charge in [0.1, 0.15) is 0 Å². The van der Waals surface area contributed by atoms with E-state index in [9.17, 15) is 4.57 Å². The van der Waals surface area contributed by atoms with E-state index in [-0.39, 0.29) is 6.02 Å². The van der Waals surface area contributed by atoms with E-state index in [2.05, 4.69) is 15.7 Å². The van der Waals surface area contributed by atoms with Crippen molar-refractivity contribution >= 4 is 14.7 Å². The van der Waals surface area contributed by atoms with Gasteiger partial charge in [-0.05, 0) is 4.57 Å². The first-order valence-corrected chi connectivity index (χ1v) is 2.01. The molecule has 0 aromatic carbocycles. The third kappa shape index (κ3) is 3.37. The fourth-order valence-electron chi connectivity index (χ4n) is 0.0481. The van der Waals surface area contributed by atoms with E-state index in [0.717, 1.165) is 0 Å². The Bertz CT molecular complexity index is 71.9. The zero-order valence-electron chi connectivity index (χ0n) is 2.97. The average Bonchev–Trinajstić information content (AvgIpc) is 1.35. The van der Waals surface area contributed by atoms with Gasteiger partial charge in [-0.3, -0.25) is 11.1 Å². The summed E-state index contributed by atoms with van der Waals surface area (Å²) in [6.45, 7) is 0. The van der Waals surface area contributed by atoms with Crippen molar-refractivity contribution in [3.63, 3.8) is 0 Å². The molecule has 0 heterocycles. The third-order valence-corrected chi connectivity index (χ3v) is 0.479. The molecule has 0 aliphatic carbocycles. The topological polar surface area (TPSA) is 77.9 Å². The Labute approximate surface area is 36.1 Å². The van der Waals surface area contributed by atoms with Gasteiger partial charge in [-0.15, -0.1) is 0 Å². The largest absolute Gasteiger partial charge is 0.549 e. The first kappa shape index (κ1) is 5.37. The van der Waals surface area contributed by atoms with E-state index in [4.69, 9.17) is 0 Å². The Kier molecular flexibility index (Phi) is 2.33. The number of rotatable bonds is 1. The van der Waals surface area contributed by atoms with Gasteiger partial charge in [-0.1, -0.05) is 0 Å². The van der Waals surface area contributed by atoms with Crippen molar-refractivity contribution in [3.8, 4) is 0 Å². The molecule has 4 nitrogen and oxygen atoms in total. The van der Waals surface area contributed by atoms with Crippen LogP contribution in [0.4, 0.5) is 0 Å². The van der Waals surface area contributed by atoms with Crippen LogP contribution in [0.2, 0.25) is 0 Å². The van der Waals surface area contributed by atoms with E-state index < -0.39 is 8.69 Å². The molecule has 0 amide bonds. The normalized spacial score (nSPS) is 8.00. The zero-order chi connectivity index (χ0) is 4.99. The van der Waals surface area contributed by atoms with Crippen molar-refractivity contribution in [1.29, 1.82) is 0 Å². The number of hydrogen-bond donors (Lipinski definition) is 2. The fourth-order valence-corrected chi connectivity index (χ4v) is 0.144. The molecule has 0 rings (SSSR count). The summed E-state index contributed by atoms with van der Waals surface area (Å²) in [6.07, 6.45) is 0. The van der Waals surface area contributed by atoms with Crippen LogP contribution >= 0.6 is 8.69 Å². The van der Waals surface area contributed by atoms with E-state index in [1.165, 1.54) is 0 Å². The van der Waals surface area contributed by atoms with Crippen LogP contribution in [0.3, 0.4) is 0 Å². The van der Waals surface area contributed by atoms with Crippen molar-refractivity contribution in [1.82, 2.24) is 0 Å². The second kappa shape index (κ2) is 2.60. The maximum absolute atomic E-state index is 9.36. The van der Waals surface area contributed by atoms with Gasteiger partial charge in [0, 0.05) is 0 Å². The standard InChI is InChI=1S/CH4N2O2P/c2-1(3)5-6-4/h6H,(H3,2,3)/q+1/p+1. The van der Waals surface area contributed by atoms with Gasteiger partial charge in [-0.25, -0.2) is 0 Å². The molecule has 1 atom stereocenters. The molecule has 5 heteroatoms. The maximum Gasteiger partial charge on any atom is 0.549 e. The molecule has 0 aromatic rings. The first-order chi connectivity index (χ1) is 2.77. The van der Waals surface area contributed by atoms with Gasteiger partial charge in [0.25, 0.3) is 0 Å². The lowest BCUT2D eigenvalue weighted by Crippen LogP contribution is -2.45. The monoisotopic (exact) mass is 108 g/mol. The second-order valence-electron chi connectivity index (χ2n) is 0.588. The molecular weight excluding hydrogens is 103 g/mol.